The zero-order valence-electron chi connectivity index (χ0n) is 27.6. The number of carbonyl (C=O) groups excluding carboxylic acids is 2. The lowest BCUT2D eigenvalue weighted by molar-refractivity contribution is -0.201. The van der Waals surface area contributed by atoms with Crippen molar-refractivity contribution in [3.05, 3.63) is 22.2 Å². The molecule has 5 fully saturated rings. The predicted octanol–water partition coefficient (Wildman–Crippen LogP) is 6.47. The van der Waals surface area contributed by atoms with Gasteiger partial charge in [-0.25, -0.2) is 14.8 Å². The summed E-state index contributed by atoms with van der Waals surface area (Å²) in [6.45, 7) is 16.1. The quantitative estimate of drug-likeness (QED) is 0.296. The minimum Gasteiger partial charge on any atom is -0.459 e. The molecule has 1 aromatic rings. The molecule has 0 saturated heterocycles. The van der Waals surface area contributed by atoms with Crippen LogP contribution in [0.15, 0.2) is 21.0 Å². The fourth-order valence-corrected chi connectivity index (χ4v) is 11.7. The fourth-order valence-electron chi connectivity index (χ4n) is 11.7. The van der Waals surface area contributed by atoms with Gasteiger partial charge < -0.3 is 4.74 Å². The van der Waals surface area contributed by atoms with Crippen LogP contribution in [0.4, 0.5) is 0 Å². The summed E-state index contributed by atoms with van der Waals surface area (Å²) in [5, 5.41) is 15.5. The molecule has 242 valence electrons. The maximum atomic E-state index is 14.7. The summed E-state index contributed by atoms with van der Waals surface area (Å²) in [5.41, 5.74) is -0.0808. The molecule has 1 amide bonds. The second-order valence-electron chi connectivity index (χ2n) is 17.5. The maximum Gasteiger partial charge on any atom is 0.441 e. The van der Waals surface area contributed by atoms with E-state index >= 15 is 0 Å². The van der Waals surface area contributed by atoms with Crippen LogP contribution in [0, 0.1) is 50.2 Å². The molecular weight excluding hydrogens is 558 g/mol. The van der Waals surface area contributed by atoms with Gasteiger partial charge >= 0.3 is 11.8 Å². The molecule has 9 heteroatoms. The van der Waals surface area contributed by atoms with E-state index < -0.39 is 11.2 Å². The number of aromatic nitrogens is 2. The normalized spacial score (nSPS) is 46.1. The molecule has 7 rings (SSSR count). The van der Waals surface area contributed by atoms with Crippen LogP contribution < -0.4 is 10.5 Å². The number of fused-ring (bicyclic) bond motifs is 7. The third kappa shape index (κ3) is 3.99. The van der Waals surface area contributed by atoms with Crippen LogP contribution in [0.1, 0.15) is 119 Å². The molecule has 0 unspecified atom stereocenters. The first-order valence-corrected chi connectivity index (χ1v) is 17.0. The SMILES string of the molecule is CC1(C)[C@@H](Oc2noc(=O)[nH]2)CC[C@]2(C)[C@H]3C(=O)C=C4[C@@H]5C[C@@](C)(C(=O)N(O)C6CC6)CC[C@]5(C)CC[C@@]4(C)[C@]3(C)CC[C@@H]12. The third-order valence-corrected chi connectivity index (χ3v) is 14.8. The van der Waals surface area contributed by atoms with Crippen LogP contribution in [-0.2, 0) is 9.59 Å². The number of hydrogen-bond donors (Lipinski definition) is 2. The van der Waals surface area contributed by atoms with Crippen molar-refractivity contribution in [1.82, 2.24) is 15.2 Å². The Kier molecular flexibility index (Phi) is 6.41. The van der Waals surface area contributed by atoms with Crippen molar-refractivity contribution in [2.45, 2.75) is 131 Å². The maximum absolute atomic E-state index is 14.7. The van der Waals surface area contributed by atoms with E-state index in [1.165, 1.54) is 5.57 Å². The number of allylic oxidation sites excluding steroid dienone is 2. The molecule has 2 N–H and O–H groups in total. The Morgan fingerprint density at radius 1 is 0.977 bits per heavy atom. The van der Waals surface area contributed by atoms with Crippen molar-refractivity contribution in [2.24, 2.45) is 50.2 Å². The molecule has 0 spiro atoms. The highest BCUT2D eigenvalue weighted by molar-refractivity contribution is 5.95. The first-order chi connectivity index (χ1) is 20.5. The van der Waals surface area contributed by atoms with Crippen molar-refractivity contribution < 1.29 is 24.1 Å². The van der Waals surface area contributed by atoms with Crippen LogP contribution in [0.5, 0.6) is 6.01 Å². The number of nitrogens with zero attached hydrogens (tertiary/aromatic N) is 2. The summed E-state index contributed by atoms with van der Waals surface area (Å²) in [5.74, 6) is -0.195. The van der Waals surface area contributed by atoms with Crippen LogP contribution in [0.2, 0.25) is 0 Å². The van der Waals surface area contributed by atoms with Gasteiger partial charge in [-0.2, -0.15) is 0 Å². The highest BCUT2D eigenvalue weighted by Gasteiger charge is 2.70. The highest BCUT2D eigenvalue weighted by Crippen LogP contribution is 2.75. The predicted molar refractivity (Wildman–Crippen MR) is 163 cm³/mol. The number of carbonyl (C=O) groups is 2. The van der Waals surface area contributed by atoms with Crippen LogP contribution >= 0.6 is 0 Å². The number of H-pyrrole nitrogens is 1. The zero-order valence-corrected chi connectivity index (χ0v) is 27.6. The van der Waals surface area contributed by atoms with Gasteiger partial charge in [-0.15, -0.1) is 0 Å². The fraction of sp³-hybridized carbons (Fsp3) is 0.829. The number of ether oxygens (including phenoxy) is 1. The van der Waals surface area contributed by atoms with E-state index in [-0.39, 0.29) is 74.7 Å². The number of nitrogens with one attached hydrogen (secondary N) is 1. The molecule has 5 saturated carbocycles. The average Bonchev–Trinajstić information content (AvgIpc) is 3.72. The summed E-state index contributed by atoms with van der Waals surface area (Å²) in [6, 6.07) is 0.0918. The first-order valence-electron chi connectivity index (χ1n) is 17.0. The average molecular weight is 610 g/mol. The highest BCUT2D eigenvalue weighted by atomic mass is 16.6. The number of ketones is 1. The zero-order chi connectivity index (χ0) is 31.7. The third-order valence-electron chi connectivity index (χ3n) is 14.8. The van der Waals surface area contributed by atoms with Crippen LogP contribution in [-0.4, -0.2) is 44.2 Å². The Labute approximate surface area is 260 Å². The monoisotopic (exact) mass is 609 g/mol. The number of aromatic amines is 1. The van der Waals surface area contributed by atoms with E-state index in [9.17, 15) is 19.6 Å². The van der Waals surface area contributed by atoms with E-state index in [0.717, 1.165) is 69.3 Å². The second kappa shape index (κ2) is 9.32. The second-order valence-corrected chi connectivity index (χ2v) is 17.5. The van der Waals surface area contributed by atoms with Gasteiger partial charge in [-0.05, 0) is 115 Å². The van der Waals surface area contributed by atoms with Crippen molar-refractivity contribution in [3.63, 3.8) is 0 Å². The smallest absolute Gasteiger partial charge is 0.441 e. The van der Waals surface area contributed by atoms with Gasteiger partial charge in [0.25, 0.3) is 5.91 Å². The largest absolute Gasteiger partial charge is 0.459 e. The summed E-state index contributed by atoms with van der Waals surface area (Å²) < 4.78 is 10.9. The number of rotatable bonds is 4. The summed E-state index contributed by atoms with van der Waals surface area (Å²) in [4.78, 5) is 42.4. The van der Waals surface area contributed by atoms with Crippen molar-refractivity contribution >= 4 is 11.7 Å². The molecule has 0 radical (unpaired) electrons. The summed E-state index contributed by atoms with van der Waals surface area (Å²) >= 11 is 0. The van der Waals surface area contributed by atoms with Gasteiger partial charge in [-0.3, -0.25) is 19.3 Å². The Morgan fingerprint density at radius 2 is 1.68 bits per heavy atom. The standard InChI is InChI=1S/C35H51N3O6/c1-30(2)24-10-13-35(7)26(33(24,5)12-11-25(30)43-28-36-29(41)44-37-28)23(39)18-21-22-19-32(4,27(40)38(42)20-8-9-20)15-14-31(22,3)16-17-34(21,35)6/h18,20,22,24-26,42H,8-17,19H2,1-7H3,(H,36,37,41)/t22-,24-,25-,26+,31+,32-,33-,34+,35+/m0/s1. The minimum atomic E-state index is -0.627. The van der Waals surface area contributed by atoms with E-state index in [0.29, 0.717) is 6.42 Å². The molecule has 44 heavy (non-hydrogen) atoms. The van der Waals surface area contributed by atoms with Crippen molar-refractivity contribution in [1.29, 1.82) is 0 Å². The minimum absolute atomic E-state index is 0.0293. The number of hydrogen-bond acceptors (Lipinski definition) is 7. The first kappa shape index (κ1) is 30.2. The van der Waals surface area contributed by atoms with E-state index in [2.05, 4.69) is 56.2 Å². The van der Waals surface area contributed by atoms with E-state index in [1.54, 1.807) is 0 Å². The molecule has 0 aromatic carbocycles. The summed E-state index contributed by atoms with van der Waals surface area (Å²) in [6.07, 6.45) is 11.8. The van der Waals surface area contributed by atoms with Crippen molar-refractivity contribution in [2.75, 3.05) is 0 Å². The lowest BCUT2D eigenvalue weighted by atomic mass is 9.33. The number of amides is 1. The lowest BCUT2D eigenvalue weighted by Gasteiger charge is -2.70. The van der Waals surface area contributed by atoms with Gasteiger partial charge in [-0.1, -0.05) is 54.0 Å². The lowest BCUT2D eigenvalue weighted by Crippen LogP contribution is -2.67. The van der Waals surface area contributed by atoms with E-state index in [1.807, 2.05) is 13.0 Å². The van der Waals surface area contributed by atoms with Gasteiger partial charge in [0.1, 0.15) is 6.10 Å². The Morgan fingerprint density at radius 3 is 2.34 bits per heavy atom. The van der Waals surface area contributed by atoms with Crippen molar-refractivity contribution in [3.8, 4) is 6.01 Å². The molecule has 1 heterocycles. The molecule has 9 nitrogen and oxygen atoms in total. The molecule has 0 aliphatic heterocycles. The van der Waals surface area contributed by atoms with Gasteiger partial charge in [0.15, 0.2) is 5.78 Å². The molecule has 9 atom stereocenters. The van der Waals surface area contributed by atoms with E-state index in [4.69, 9.17) is 4.74 Å². The number of hydroxylamine groups is 2. The molecule has 6 aliphatic carbocycles. The summed E-state index contributed by atoms with van der Waals surface area (Å²) in [7, 11) is 0. The Hall–Kier alpha value is -2.42. The molecule has 6 aliphatic rings. The van der Waals surface area contributed by atoms with Gasteiger partial charge in [0.05, 0.1) is 6.04 Å². The van der Waals surface area contributed by atoms with Crippen LogP contribution in [0.3, 0.4) is 0 Å². The van der Waals surface area contributed by atoms with Gasteiger partial charge in [0.2, 0.25) is 0 Å². The Bertz CT molecular complexity index is 1470. The van der Waals surface area contributed by atoms with Gasteiger partial charge in [0, 0.05) is 16.7 Å². The molecule has 1 aromatic heterocycles. The topological polar surface area (TPSA) is 126 Å². The molecular formula is C35H51N3O6. The van der Waals surface area contributed by atoms with Crippen LogP contribution in [0.25, 0.3) is 0 Å². The molecule has 0 bridgehead atoms. The Balaban J connectivity index is 1.23.